The van der Waals surface area contributed by atoms with E-state index in [4.69, 9.17) is 0 Å². The first-order chi connectivity index (χ1) is 6.79. The Balaban J connectivity index is 0.000000921. The molecule has 1 aliphatic heterocycles. The number of hydrogen-bond acceptors (Lipinski definition) is 2. The second kappa shape index (κ2) is 5.86. The Bertz CT molecular complexity index is 160. The molecule has 92 valence electrons. The number of likely N-dealkylation sites (tertiary alicyclic amines) is 1. The van der Waals surface area contributed by atoms with Crippen molar-refractivity contribution < 1.29 is 5.11 Å². The zero-order valence-electron chi connectivity index (χ0n) is 11.4. The van der Waals surface area contributed by atoms with Crippen LogP contribution in [0.5, 0.6) is 0 Å². The van der Waals surface area contributed by atoms with Gasteiger partial charge >= 0.3 is 0 Å². The number of hydrogen-bond donors (Lipinski definition) is 1. The summed E-state index contributed by atoms with van der Waals surface area (Å²) in [5, 5.41) is 9.66. The first-order valence-electron chi connectivity index (χ1n) is 6.23. The van der Waals surface area contributed by atoms with E-state index >= 15 is 0 Å². The Kier molecular flexibility index (Phi) is 5.82. The SMILES string of the molecule is CC.CC(C)(O)CN1CCC(C)(C)CC1. The standard InChI is InChI=1S/C11H23NO.C2H6/c1-10(2)5-7-12(8-6-10)9-11(3,4)13;1-2/h13H,5-9H2,1-4H3;1-2H3. The van der Waals surface area contributed by atoms with Crippen molar-refractivity contribution >= 4 is 0 Å². The average Bonchev–Trinajstić information content (AvgIpc) is 2.10. The molecule has 1 heterocycles. The van der Waals surface area contributed by atoms with Crippen LogP contribution < -0.4 is 0 Å². The Morgan fingerprint density at radius 1 is 1.13 bits per heavy atom. The molecule has 0 spiro atoms. The minimum Gasteiger partial charge on any atom is -0.389 e. The fraction of sp³-hybridized carbons (Fsp3) is 1.00. The third kappa shape index (κ3) is 6.91. The van der Waals surface area contributed by atoms with Gasteiger partial charge in [0.05, 0.1) is 5.60 Å². The molecular weight excluding hydrogens is 186 g/mol. The van der Waals surface area contributed by atoms with Crippen LogP contribution in [0.25, 0.3) is 0 Å². The first kappa shape index (κ1) is 14.9. The third-order valence-electron chi connectivity index (χ3n) is 2.82. The number of rotatable bonds is 2. The van der Waals surface area contributed by atoms with Crippen molar-refractivity contribution in [2.24, 2.45) is 5.41 Å². The van der Waals surface area contributed by atoms with E-state index in [2.05, 4.69) is 18.7 Å². The molecule has 1 fully saturated rings. The van der Waals surface area contributed by atoms with Crippen molar-refractivity contribution in [2.75, 3.05) is 19.6 Å². The minimum absolute atomic E-state index is 0.510. The van der Waals surface area contributed by atoms with E-state index in [1.54, 1.807) is 0 Å². The van der Waals surface area contributed by atoms with E-state index in [-0.39, 0.29) is 0 Å². The van der Waals surface area contributed by atoms with Gasteiger partial charge in [0.15, 0.2) is 0 Å². The number of nitrogens with zero attached hydrogens (tertiary/aromatic N) is 1. The van der Waals surface area contributed by atoms with E-state index in [1.807, 2.05) is 27.7 Å². The van der Waals surface area contributed by atoms with Crippen molar-refractivity contribution in [3.8, 4) is 0 Å². The lowest BCUT2D eigenvalue weighted by molar-refractivity contribution is 0.0157. The van der Waals surface area contributed by atoms with Gasteiger partial charge < -0.3 is 10.0 Å². The zero-order valence-corrected chi connectivity index (χ0v) is 11.4. The summed E-state index contributed by atoms with van der Waals surface area (Å²) in [6.45, 7) is 15.5. The molecule has 0 unspecified atom stereocenters. The summed E-state index contributed by atoms with van der Waals surface area (Å²) in [5.41, 5.74) is -0.0302. The van der Waals surface area contributed by atoms with Crippen LogP contribution in [0.3, 0.4) is 0 Å². The van der Waals surface area contributed by atoms with E-state index < -0.39 is 5.60 Å². The number of piperidine rings is 1. The maximum Gasteiger partial charge on any atom is 0.0718 e. The molecule has 0 aromatic carbocycles. The third-order valence-corrected chi connectivity index (χ3v) is 2.82. The van der Waals surface area contributed by atoms with Crippen molar-refractivity contribution in [3.63, 3.8) is 0 Å². The molecule has 1 N–H and O–H groups in total. The average molecular weight is 215 g/mol. The van der Waals surface area contributed by atoms with Gasteiger partial charge in [-0.1, -0.05) is 27.7 Å². The van der Waals surface area contributed by atoms with Crippen molar-refractivity contribution in [1.82, 2.24) is 4.90 Å². The number of aliphatic hydroxyl groups is 1. The molecule has 1 aliphatic rings. The lowest BCUT2D eigenvalue weighted by Crippen LogP contribution is -2.44. The van der Waals surface area contributed by atoms with Crippen molar-refractivity contribution in [3.05, 3.63) is 0 Å². The van der Waals surface area contributed by atoms with E-state index in [0.29, 0.717) is 5.41 Å². The molecule has 0 saturated carbocycles. The second-order valence-corrected chi connectivity index (χ2v) is 5.75. The van der Waals surface area contributed by atoms with E-state index in [1.165, 1.54) is 12.8 Å². The molecule has 15 heavy (non-hydrogen) atoms. The van der Waals surface area contributed by atoms with Crippen LogP contribution in [-0.4, -0.2) is 35.2 Å². The zero-order chi connectivity index (χ0) is 12.1. The van der Waals surface area contributed by atoms with Gasteiger partial charge in [-0.25, -0.2) is 0 Å². The van der Waals surface area contributed by atoms with Crippen molar-refractivity contribution in [2.45, 2.75) is 60.0 Å². The van der Waals surface area contributed by atoms with Crippen LogP contribution in [0.2, 0.25) is 0 Å². The van der Waals surface area contributed by atoms with Gasteiger partial charge in [0.2, 0.25) is 0 Å². The predicted molar refractivity (Wildman–Crippen MR) is 67.1 cm³/mol. The van der Waals surface area contributed by atoms with Crippen molar-refractivity contribution in [1.29, 1.82) is 0 Å². The molecule has 0 atom stereocenters. The molecule has 1 rings (SSSR count). The molecule has 0 bridgehead atoms. The van der Waals surface area contributed by atoms with Crippen LogP contribution in [0.4, 0.5) is 0 Å². The van der Waals surface area contributed by atoms with Gasteiger partial charge in [-0.15, -0.1) is 0 Å². The molecule has 0 radical (unpaired) electrons. The second-order valence-electron chi connectivity index (χ2n) is 5.75. The monoisotopic (exact) mass is 215 g/mol. The molecule has 0 aliphatic carbocycles. The van der Waals surface area contributed by atoms with Crippen LogP contribution in [-0.2, 0) is 0 Å². The summed E-state index contributed by atoms with van der Waals surface area (Å²) in [4.78, 5) is 2.37. The maximum absolute atomic E-state index is 9.66. The molecule has 2 nitrogen and oxygen atoms in total. The van der Waals surface area contributed by atoms with Gasteiger partial charge in [-0.3, -0.25) is 0 Å². The van der Waals surface area contributed by atoms with Crippen LogP contribution in [0.1, 0.15) is 54.4 Å². The van der Waals surface area contributed by atoms with Crippen LogP contribution in [0, 0.1) is 5.41 Å². The summed E-state index contributed by atoms with van der Waals surface area (Å²) in [6.07, 6.45) is 2.51. The highest BCUT2D eigenvalue weighted by molar-refractivity contribution is 4.81. The van der Waals surface area contributed by atoms with Crippen LogP contribution >= 0.6 is 0 Å². The lowest BCUT2D eigenvalue weighted by Gasteiger charge is -2.39. The Hall–Kier alpha value is -0.0800. The van der Waals surface area contributed by atoms with Gasteiger partial charge in [0.25, 0.3) is 0 Å². The summed E-state index contributed by atoms with van der Waals surface area (Å²) < 4.78 is 0. The quantitative estimate of drug-likeness (QED) is 0.765. The summed E-state index contributed by atoms with van der Waals surface area (Å²) >= 11 is 0. The summed E-state index contributed by atoms with van der Waals surface area (Å²) in [6, 6.07) is 0. The molecule has 0 aromatic heterocycles. The normalized spacial score (nSPS) is 21.8. The summed E-state index contributed by atoms with van der Waals surface area (Å²) in [5.74, 6) is 0. The fourth-order valence-electron chi connectivity index (χ4n) is 1.86. The fourth-order valence-corrected chi connectivity index (χ4v) is 1.86. The topological polar surface area (TPSA) is 23.5 Å². The Morgan fingerprint density at radius 3 is 1.87 bits per heavy atom. The van der Waals surface area contributed by atoms with E-state index in [9.17, 15) is 5.11 Å². The van der Waals surface area contributed by atoms with Crippen LogP contribution in [0.15, 0.2) is 0 Å². The molecule has 2 heteroatoms. The van der Waals surface area contributed by atoms with Gasteiger partial charge in [0, 0.05) is 6.54 Å². The minimum atomic E-state index is -0.540. The van der Waals surface area contributed by atoms with Gasteiger partial charge in [-0.05, 0) is 45.2 Å². The molecule has 0 aromatic rings. The first-order valence-corrected chi connectivity index (χ1v) is 6.23. The van der Waals surface area contributed by atoms with E-state index in [0.717, 1.165) is 19.6 Å². The molecule has 0 amide bonds. The highest BCUT2D eigenvalue weighted by atomic mass is 16.3. The predicted octanol–water partition coefficient (Wildman–Crippen LogP) is 2.91. The largest absolute Gasteiger partial charge is 0.389 e. The highest BCUT2D eigenvalue weighted by Gasteiger charge is 2.27. The molecule has 1 saturated heterocycles. The number of β-amino-alcohol motifs (C(OH)–C–C–N with tert-alkyl or cyclic N) is 1. The van der Waals surface area contributed by atoms with Gasteiger partial charge in [0.1, 0.15) is 0 Å². The Labute approximate surface area is 95.7 Å². The summed E-state index contributed by atoms with van der Waals surface area (Å²) in [7, 11) is 0. The maximum atomic E-state index is 9.66. The smallest absolute Gasteiger partial charge is 0.0718 e. The Morgan fingerprint density at radius 2 is 1.53 bits per heavy atom. The highest BCUT2D eigenvalue weighted by Crippen LogP contribution is 2.30. The van der Waals surface area contributed by atoms with Gasteiger partial charge in [-0.2, -0.15) is 0 Å². The lowest BCUT2D eigenvalue weighted by atomic mass is 9.82. The molecular formula is C13H29NO.